The number of hydrogen-bond acceptors (Lipinski definition) is 35. The van der Waals surface area contributed by atoms with Gasteiger partial charge in [-0.05, 0) is 144 Å². The number of nitrogens with one attached hydrogen (secondary N) is 8. The van der Waals surface area contributed by atoms with E-state index < -0.39 is 185 Å². The molecule has 15 N–H and O–H groups in total. The van der Waals surface area contributed by atoms with Gasteiger partial charge in [-0.1, -0.05) is 95.5 Å². The fraction of sp³-hybridized carbons (Fsp3) is 0.613. The van der Waals surface area contributed by atoms with Crippen molar-refractivity contribution in [1.29, 1.82) is 0 Å². The number of ketones is 1. The maximum Gasteiger partial charge on any atom is 0.411 e. The van der Waals surface area contributed by atoms with Crippen LogP contribution in [0, 0.1) is 40.1 Å². The number of amides is 11. The number of nitrogens with two attached hydrogens (primary N) is 1. The molecule has 21 atom stereocenters. The molecule has 2 aliphatic carbocycles. The summed E-state index contributed by atoms with van der Waals surface area (Å²) >= 11 is 2.76. The number of aliphatic hydroxyl groups is 5. The number of imide groups is 1. The molecule has 2 aromatic carbocycles. The number of nitrogens with zero attached hydrogens (tertiary/aromatic N) is 2. The molecule has 1 unspecified atom stereocenters. The topological polar surface area (TPSA) is 564 Å². The average molecular weight is 2120 g/mol. The summed E-state index contributed by atoms with van der Waals surface area (Å²) in [5, 5.41) is 76.6. The molecule has 0 spiro atoms. The second kappa shape index (κ2) is 53.7. The first-order chi connectivity index (χ1) is 66.1. The summed E-state index contributed by atoms with van der Waals surface area (Å²) in [5.74, 6) is 7.49. The molecule has 42 nitrogen and oxygen atoms in total. The van der Waals surface area contributed by atoms with Gasteiger partial charge in [0.2, 0.25) is 46.7 Å². The lowest BCUT2D eigenvalue weighted by atomic mass is 9.75. The van der Waals surface area contributed by atoms with Crippen LogP contribution in [-0.2, 0) is 97.2 Å². The molecule has 0 radical (unpaired) electrons. The standard InChI is InChI=1S/C93H128IN11O31S3/c1-16-104(53(8)106)58-47-128-67(44-62(58)123-11)134-81-76(114)73(103-136-68-43-59(107)83(52(7)130-68)138-86(118)69-49(4)71(94)79(82(126-14)78(69)124-12)135-87-77(115)80(125-13)75(113)51(6)132-87)50(5)131-88(81)133-61-26-20-17-18-22-36-93(122)45-60(108)74(102-91(121)127-15)70(61)56(93)35-42-137-139-92(9,10)37-34-63(109)96-39-40-98-90(120)129-46-54-28-30-55(31-29-54)99-84(116)57(25-24-38-97-89(95)119)100-85(117)72(48(2)3)101-64(110)27-21-19-23-41-105-65(111)32-33-66(105)112/h17-18,28-33,35,48,50-52,57-59,61-62,67-68,72-73,75-77,80-81,83,87-88,103,107,113-115,122H,16,19,21,23-25,27,34,37-47H2,1-15H3,(H,96,109)(H,98,120)(H,99,116)(H,100,117)(H,101,110)(H,102,121)(H3,95,97,119)/b18-17-,56-35+/t50-,51+,52-,57+,58+,59+,61+,62+,67+,68+,72+,73-,75+,76+,77-,80-,81-,83-,87+,88?,93-/m1/s1. The molecule has 0 saturated carbocycles. The number of carbonyl (C=O) groups is 12. The number of carbonyl (C=O) groups excluding carboxylic acids is 12. The molecule has 46 heteroatoms. The summed E-state index contributed by atoms with van der Waals surface area (Å²) in [4.78, 5) is 166. The van der Waals surface area contributed by atoms with Gasteiger partial charge in [-0.2, -0.15) is 5.48 Å². The number of likely N-dealkylation sites (N-methyl/N-ethyl adjacent to an activating group) is 1. The van der Waals surface area contributed by atoms with Crippen LogP contribution in [0.3, 0.4) is 0 Å². The van der Waals surface area contributed by atoms with E-state index in [1.54, 1.807) is 76.8 Å². The van der Waals surface area contributed by atoms with Crippen LogP contribution in [0.1, 0.15) is 154 Å². The number of hydrogen-bond donors (Lipinski definition) is 14. The Kier molecular flexibility index (Phi) is 43.8. The number of anilines is 1. The molecule has 5 heterocycles. The van der Waals surface area contributed by atoms with Gasteiger partial charge in [0.05, 0.1) is 97.0 Å². The fourth-order valence-electron chi connectivity index (χ4n) is 16.4. The number of urea groups is 1. The van der Waals surface area contributed by atoms with Gasteiger partial charge in [0.25, 0.3) is 11.8 Å². The highest BCUT2D eigenvalue weighted by Crippen LogP contribution is 2.50. The highest BCUT2D eigenvalue weighted by atomic mass is 127. The Labute approximate surface area is 832 Å². The van der Waals surface area contributed by atoms with E-state index >= 15 is 0 Å². The molecule has 2 aromatic rings. The number of unbranched alkanes of at least 4 members (excludes halogenated alkanes) is 2. The van der Waals surface area contributed by atoms with Gasteiger partial charge in [-0.25, -0.2) is 14.4 Å². The Balaban J connectivity index is 0.808. The van der Waals surface area contributed by atoms with Crippen LogP contribution in [0.4, 0.5) is 20.1 Å². The molecule has 766 valence electrons. The molecule has 7 aliphatic rings. The van der Waals surface area contributed by atoms with E-state index in [-0.39, 0.29) is 153 Å². The zero-order valence-electron chi connectivity index (χ0n) is 80.2. The number of allylic oxidation sites excluding steroid dienone is 3. The van der Waals surface area contributed by atoms with Gasteiger partial charge in [0.15, 0.2) is 41.8 Å². The van der Waals surface area contributed by atoms with Crippen molar-refractivity contribution in [3.63, 3.8) is 0 Å². The van der Waals surface area contributed by atoms with Crippen molar-refractivity contribution in [3.05, 3.63) is 91.7 Å². The van der Waals surface area contributed by atoms with Crippen molar-refractivity contribution < 1.29 is 149 Å². The van der Waals surface area contributed by atoms with Crippen molar-refractivity contribution in [3.8, 4) is 40.9 Å². The molecule has 5 aliphatic heterocycles. The number of alkyl carbamates (subject to hydrolysis) is 2. The normalized spacial score (nSPS) is 27.1. The third-order valence-corrected chi connectivity index (χ3v) is 29.8. The highest BCUT2D eigenvalue weighted by Gasteiger charge is 2.53. The Morgan fingerprint density at radius 2 is 1.45 bits per heavy atom. The minimum atomic E-state index is -2.26. The van der Waals surface area contributed by atoms with Gasteiger partial charge in [0, 0.05) is 119 Å². The van der Waals surface area contributed by atoms with E-state index in [1.807, 2.05) is 43.4 Å². The van der Waals surface area contributed by atoms with Crippen LogP contribution in [-0.4, -0.2) is 319 Å². The number of benzene rings is 2. The number of halogens is 1. The first kappa shape index (κ1) is 113. The number of methoxy groups -OCH3 is 5. The number of thioether (sulfide) groups is 1. The summed E-state index contributed by atoms with van der Waals surface area (Å²) < 4.78 is 78.2. The van der Waals surface area contributed by atoms with Crippen molar-refractivity contribution >= 4 is 132 Å². The molecule has 0 aromatic heterocycles. The Bertz CT molecular complexity index is 4920. The maximum absolute atomic E-state index is 14.6. The Morgan fingerprint density at radius 1 is 0.755 bits per heavy atom. The average Bonchev–Trinajstić information content (AvgIpc) is 0.764. The van der Waals surface area contributed by atoms with Crippen LogP contribution < -0.4 is 62.6 Å². The SMILES string of the molecule is CCN(C(C)=O)[C@H]1CO[C@@H](O[C@H]2C(O[C@H]3C#C/C=C\C#C[C@@]4(O)CC(=O)C(NC(=O)OC)=C3/C4=C\CSSC(C)(C)CCC(=O)NCCNC(=O)OCc3ccc(NC(=O)[C@H](CCCNC(N)=O)NC(=O)[C@@H](NC(=O)CCCCCN4C(=O)C=CC4=O)C(C)C)cc3)O[C@H](C)[C@@H](NO[C@H]3C[C@H](O)[C@H](SC(=O)c4c(C)c(I)c(O[C@@H]5O[C@@H](C)[C@H](O)[C@@H](OC)[C@H]5O)c(OC)c4OC)[C@@H](C)O3)[C@@H]2O)C[C@@H]1OC. The summed E-state index contributed by atoms with van der Waals surface area (Å²) in [6.07, 6.45) is -12.5. The van der Waals surface area contributed by atoms with E-state index in [4.69, 9.17) is 72.2 Å². The molecule has 2 bridgehead atoms. The number of fused-ring (bicyclic) bond motifs is 2. The molecular weight excluding hydrogens is 1990 g/mol. The van der Waals surface area contributed by atoms with Crippen molar-refractivity contribution in [2.45, 2.75) is 279 Å². The van der Waals surface area contributed by atoms with Gasteiger partial charge in [-0.15, -0.1) is 0 Å². The monoisotopic (exact) mass is 2120 g/mol. The highest BCUT2D eigenvalue weighted by molar-refractivity contribution is 14.1. The van der Waals surface area contributed by atoms with Gasteiger partial charge in [0.1, 0.15) is 55.3 Å². The maximum atomic E-state index is 14.6. The van der Waals surface area contributed by atoms with E-state index in [9.17, 15) is 83.1 Å². The minimum absolute atomic E-state index is 0.00250. The number of aliphatic hydroxyl groups excluding tert-OH is 4. The number of primary amides is 1. The van der Waals surface area contributed by atoms with Crippen molar-refractivity contribution in [2.75, 3.05) is 85.9 Å². The Hall–Kier alpha value is -9.26. The second-order valence-corrected chi connectivity index (χ2v) is 40.0. The predicted octanol–water partition coefficient (Wildman–Crippen LogP) is 4.28. The van der Waals surface area contributed by atoms with E-state index in [0.717, 1.165) is 23.8 Å². The first-order valence-electron chi connectivity index (χ1n) is 45.6. The van der Waals surface area contributed by atoms with Crippen LogP contribution in [0.25, 0.3) is 0 Å². The van der Waals surface area contributed by atoms with E-state index in [2.05, 4.69) is 66.4 Å². The molecule has 4 fully saturated rings. The number of Topliss-reactive ketones (excluding diaryl/α,β-unsaturated/α-hetero) is 1. The van der Waals surface area contributed by atoms with Crippen LogP contribution in [0.5, 0.6) is 17.2 Å². The largest absolute Gasteiger partial charge is 0.492 e. The number of rotatable bonds is 46. The minimum Gasteiger partial charge on any atom is -0.492 e. The lowest BCUT2D eigenvalue weighted by molar-refractivity contribution is -0.337. The lowest BCUT2D eigenvalue weighted by Gasteiger charge is -2.47. The first-order valence-corrected chi connectivity index (χ1v) is 49.8. The van der Waals surface area contributed by atoms with Gasteiger partial charge in [-0.3, -0.25) is 58.2 Å². The molecule has 4 saturated heterocycles. The number of hydroxylamine groups is 1. The summed E-state index contributed by atoms with van der Waals surface area (Å²) in [5.41, 5.74) is 6.67. The van der Waals surface area contributed by atoms with Gasteiger partial charge >= 0.3 is 18.2 Å². The van der Waals surface area contributed by atoms with E-state index in [0.29, 0.717) is 52.6 Å². The summed E-state index contributed by atoms with van der Waals surface area (Å²) in [6, 6.07) is 1.65. The van der Waals surface area contributed by atoms with Crippen LogP contribution in [0.2, 0.25) is 0 Å². The zero-order chi connectivity index (χ0) is 102. The summed E-state index contributed by atoms with van der Waals surface area (Å²) in [6.45, 7) is 17.5. The molecule has 139 heavy (non-hydrogen) atoms. The molecular formula is C93H128IN11O31S3. The smallest absolute Gasteiger partial charge is 0.411 e. The zero-order valence-corrected chi connectivity index (χ0v) is 84.8. The van der Waals surface area contributed by atoms with Crippen LogP contribution >= 0.6 is 55.9 Å². The third-order valence-electron chi connectivity index (χ3n) is 23.9. The predicted molar refractivity (Wildman–Crippen MR) is 515 cm³/mol. The number of ether oxygens (including phenoxy) is 13. The Morgan fingerprint density at radius 3 is 2.11 bits per heavy atom. The summed E-state index contributed by atoms with van der Waals surface area (Å²) in [7, 11) is 9.29. The van der Waals surface area contributed by atoms with Crippen molar-refractivity contribution in [2.24, 2.45) is 11.7 Å². The van der Waals surface area contributed by atoms with E-state index in [1.165, 1.54) is 81.3 Å². The third kappa shape index (κ3) is 31.1. The second-order valence-electron chi connectivity index (χ2n) is 34.7. The van der Waals surface area contributed by atoms with Crippen molar-refractivity contribution in [1.82, 2.24) is 47.2 Å². The fourth-order valence-corrected chi connectivity index (χ4v) is 20.6. The lowest BCUT2D eigenvalue weighted by Crippen LogP contribution is -2.65. The van der Waals surface area contributed by atoms with Gasteiger partial charge < -0.3 is 130 Å². The quantitative estimate of drug-likeness (QED) is 0.0110. The van der Waals surface area contributed by atoms with Crippen LogP contribution in [0.15, 0.2) is 71.5 Å². The molecule has 9 rings (SSSR count). The molecule has 11 amide bonds.